The molecule has 0 amide bonds. The fraction of sp³-hybridized carbons (Fsp3) is 0.0769. The van der Waals surface area contributed by atoms with Crippen LogP contribution in [0.3, 0.4) is 0 Å². The monoisotopic (exact) mass is 267 g/mol. The maximum Gasteiger partial charge on any atom is 0.419 e. The summed E-state index contributed by atoms with van der Waals surface area (Å²) in [7, 11) is 0.0179. The van der Waals surface area contributed by atoms with Crippen LogP contribution in [-0.2, 0) is 4.57 Å². The number of para-hydroxylation sites is 1. The number of methoxy groups -OCH3 is 1. The van der Waals surface area contributed by atoms with Crippen molar-refractivity contribution in [2.45, 2.75) is 0 Å². The maximum absolute atomic E-state index is 12.3. The molecule has 1 unspecified atom stereocenters. The van der Waals surface area contributed by atoms with Gasteiger partial charge < -0.3 is 4.74 Å². The highest BCUT2D eigenvalue weighted by molar-refractivity contribution is 7.61. The van der Waals surface area contributed by atoms with E-state index in [1.807, 2.05) is 54.6 Å². The molecule has 0 N–H and O–H groups in total. The van der Waals surface area contributed by atoms with Crippen LogP contribution in [0.5, 0.6) is 5.75 Å². The Morgan fingerprint density at radius 1 is 0.941 bits per heavy atom. The van der Waals surface area contributed by atoms with E-state index in [4.69, 9.17) is 4.74 Å². The van der Waals surface area contributed by atoms with Crippen molar-refractivity contribution in [3.8, 4) is 5.75 Å². The van der Waals surface area contributed by atoms with Crippen LogP contribution in [0.25, 0.3) is 0 Å². The molecule has 2 aromatic carbocycles. The van der Waals surface area contributed by atoms with Gasteiger partial charge in [0.05, 0.1) is 7.11 Å². The van der Waals surface area contributed by atoms with Crippen molar-refractivity contribution in [3.05, 3.63) is 54.6 Å². The lowest BCUT2D eigenvalue weighted by Crippen LogP contribution is -2.08. The quantitative estimate of drug-likeness (QED) is 0.800. The molecule has 88 valence electrons. The van der Waals surface area contributed by atoms with Crippen LogP contribution in [-0.4, -0.2) is 7.11 Å². The van der Waals surface area contributed by atoms with Crippen molar-refractivity contribution in [3.63, 3.8) is 0 Å². The molecule has 2 rings (SSSR count). The molecular formula is C13H13ClO2P+. The summed E-state index contributed by atoms with van der Waals surface area (Å²) in [5.74, 6) is 0.674. The van der Waals surface area contributed by atoms with E-state index in [2.05, 4.69) is 0 Å². The largest absolute Gasteiger partial charge is 0.492 e. The fourth-order valence-corrected chi connectivity index (χ4v) is 2.81. The highest BCUT2D eigenvalue weighted by Gasteiger charge is 2.26. The molecule has 0 radical (unpaired) electrons. The van der Waals surface area contributed by atoms with Crippen molar-refractivity contribution in [2.75, 3.05) is 7.11 Å². The number of ether oxygens (including phenoxy) is 1. The van der Waals surface area contributed by atoms with Crippen LogP contribution in [0, 0.1) is 0 Å². The summed E-state index contributed by atoms with van der Waals surface area (Å²) < 4.78 is 17.5. The third kappa shape index (κ3) is 3.06. The van der Waals surface area contributed by atoms with Crippen LogP contribution in [0.2, 0.25) is 0 Å². The standard InChI is InChI=1S/C13H12O2P.ClH/c1-15-12-9-5-6-10-13(12)16(14)11-7-3-2-4-8-11;/h2-10H,1H3;1H/q+1;. The Balaban J connectivity index is 0.00000144. The zero-order chi connectivity index (χ0) is 11.4. The molecular weight excluding hydrogens is 255 g/mol. The lowest BCUT2D eigenvalue weighted by molar-refractivity contribution is 0.418. The molecule has 2 aromatic rings. The Morgan fingerprint density at radius 2 is 1.53 bits per heavy atom. The van der Waals surface area contributed by atoms with Gasteiger partial charge in [0.15, 0.2) is 11.1 Å². The smallest absolute Gasteiger partial charge is 0.419 e. The third-order valence-electron chi connectivity index (χ3n) is 2.29. The van der Waals surface area contributed by atoms with Gasteiger partial charge in [-0.3, -0.25) is 0 Å². The summed E-state index contributed by atoms with van der Waals surface area (Å²) in [6.45, 7) is 0. The summed E-state index contributed by atoms with van der Waals surface area (Å²) >= 11 is 0. The van der Waals surface area contributed by atoms with Crippen LogP contribution < -0.4 is 15.3 Å². The second-order valence-electron chi connectivity index (χ2n) is 3.30. The van der Waals surface area contributed by atoms with Gasteiger partial charge >= 0.3 is 7.80 Å². The van der Waals surface area contributed by atoms with Crippen LogP contribution in [0.15, 0.2) is 54.6 Å². The molecule has 0 heterocycles. The number of hydrogen-bond acceptors (Lipinski definition) is 2. The lowest BCUT2D eigenvalue weighted by Gasteiger charge is -1.98. The van der Waals surface area contributed by atoms with Crippen molar-refractivity contribution < 1.29 is 9.30 Å². The van der Waals surface area contributed by atoms with E-state index >= 15 is 0 Å². The summed E-state index contributed by atoms with van der Waals surface area (Å²) in [5, 5.41) is 1.56. The average molecular weight is 268 g/mol. The maximum atomic E-state index is 12.3. The van der Waals surface area contributed by atoms with E-state index in [0.717, 1.165) is 10.6 Å². The number of hydrogen-bond donors (Lipinski definition) is 0. The Kier molecular flexibility index (Phi) is 5.14. The Hall–Kier alpha value is -1.37. The minimum atomic E-state index is -1.57. The lowest BCUT2D eigenvalue weighted by atomic mass is 10.3. The summed E-state index contributed by atoms with van der Waals surface area (Å²) in [5.41, 5.74) is 0. The average Bonchev–Trinajstić information content (AvgIpc) is 2.39. The van der Waals surface area contributed by atoms with E-state index in [1.54, 1.807) is 7.11 Å². The highest BCUT2D eigenvalue weighted by Crippen LogP contribution is 2.24. The van der Waals surface area contributed by atoms with Gasteiger partial charge in [0.1, 0.15) is 0 Å². The van der Waals surface area contributed by atoms with Gasteiger partial charge in [-0.15, -0.1) is 12.4 Å². The predicted octanol–water partition coefficient (Wildman–Crippen LogP) is 2.90. The van der Waals surface area contributed by atoms with Crippen molar-refractivity contribution >= 4 is 30.8 Å². The topological polar surface area (TPSA) is 26.3 Å². The normalized spacial score (nSPS) is 10.3. The molecule has 4 heteroatoms. The molecule has 0 fully saturated rings. The summed E-state index contributed by atoms with van der Waals surface area (Å²) in [4.78, 5) is 0. The molecule has 0 spiro atoms. The van der Waals surface area contributed by atoms with Crippen molar-refractivity contribution in [1.82, 2.24) is 0 Å². The SMILES string of the molecule is COc1ccccc1[P+](=O)c1ccccc1.Cl. The Labute approximate surface area is 108 Å². The molecule has 2 nitrogen and oxygen atoms in total. The van der Waals surface area contributed by atoms with Gasteiger partial charge in [-0.2, -0.15) is 0 Å². The minimum Gasteiger partial charge on any atom is -0.492 e. The van der Waals surface area contributed by atoms with Crippen molar-refractivity contribution in [2.24, 2.45) is 0 Å². The molecule has 0 saturated carbocycles. The number of rotatable bonds is 3. The van der Waals surface area contributed by atoms with Crippen LogP contribution in [0.1, 0.15) is 0 Å². The molecule has 1 atom stereocenters. The van der Waals surface area contributed by atoms with Crippen molar-refractivity contribution in [1.29, 1.82) is 0 Å². The van der Waals surface area contributed by atoms with Crippen LogP contribution >= 0.6 is 20.2 Å². The molecule has 0 aliphatic heterocycles. The van der Waals surface area contributed by atoms with E-state index in [0.29, 0.717) is 5.75 Å². The highest BCUT2D eigenvalue weighted by atomic mass is 35.5. The van der Waals surface area contributed by atoms with Gasteiger partial charge in [-0.25, -0.2) is 0 Å². The third-order valence-corrected chi connectivity index (χ3v) is 3.87. The Bertz CT molecular complexity index is 500. The molecule has 0 saturated heterocycles. The zero-order valence-corrected chi connectivity index (χ0v) is 11.1. The van der Waals surface area contributed by atoms with Crippen LogP contribution in [0.4, 0.5) is 0 Å². The summed E-state index contributed by atoms with van der Waals surface area (Å²) in [6, 6.07) is 16.8. The Morgan fingerprint density at radius 3 is 2.18 bits per heavy atom. The predicted molar refractivity (Wildman–Crippen MR) is 73.6 cm³/mol. The second kappa shape index (κ2) is 6.39. The van der Waals surface area contributed by atoms with Gasteiger partial charge in [-0.05, 0) is 24.3 Å². The van der Waals surface area contributed by atoms with Gasteiger partial charge in [0.2, 0.25) is 5.30 Å². The molecule has 17 heavy (non-hydrogen) atoms. The van der Waals surface area contributed by atoms with E-state index in [-0.39, 0.29) is 12.4 Å². The fourth-order valence-electron chi connectivity index (χ4n) is 1.50. The van der Waals surface area contributed by atoms with E-state index < -0.39 is 7.80 Å². The molecule has 0 aliphatic carbocycles. The zero-order valence-electron chi connectivity index (χ0n) is 9.37. The molecule has 0 aromatic heterocycles. The first-order chi connectivity index (χ1) is 7.83. The van der Waals surface area contributed by atoms with E-state index in [1.165, 1.54) is 0 Å². The van der Waals surface area contributed by atoms with Gasteiger partial charge in [0.25, 0.3) is 0 Å². The van der Waals surface area contributed by atoms with E-state index in [9.17, 15) is 4.57 Å². The van der Waals surface area contributed by atoms with Gasteiger partial charge in [-0.1, -0.05) is 34.9 Å². The first-order valence-corrected chi connectivity index (χ1v) is 6.24. The van der Waals surface area contributed by atoms with Gasteiger partial charge in [0, 0.05) is 0 Å². The number of benzene rings is 2. The first-order valence-electron chi connectivity index (χ1n) is 4.98. The molecule has 0 bridgehead atoms. The summed E-state index contributed by atoms with van der Waals surface area (Å²) in [6.07, 6.45) is 0. The number of halogens is 1. The second-order valence-corrected chi connectivity index (χ2v) is 4.89. The molecule has 0 aliphatic rings. The first kappa shape index (κ1) is 13.7. The minimum absolute atomic E-state index is 0.